The molecule has 1 atom stereocenters. The molecule has 0 fully saturated rings. The van der Waals surface area contributed by atoms with E-state index in [-0.39, 0.29) is 29.6 Å². The van der Waals surface area contributed by atoms with Crippen molar-refractivity contribution in [2.45, 2.75) is 50.7 Å². The second kappa shape index (κ2) is 15.1. The maximum absolute atomic E-state index is 14.5. The third kappa shape index (κ3) is 8.79. The third-order valence-electron chi connectivity index (χ3n) is 7.08. The van der Waals surface area contributed by atoms with Gasteiger partial charge in [0, 0.05) is 39.6 Å². The van der Waals surface area contributed by atoms with E-state index in [1.807, 2.05) is 51.1 Å². The minimum atomic E-state index is -4.25. The van der Waals surface area contributed by atoms with Crippen LogP contribution >= 0.6 is 34.8 Å². The maximum Gasteiger partial charge on any atom is 0.264 e. The van der Waals surface area contributed by atoms with E-state index in [1.54, 1.807) is 48.5 Å². The lowest BCUT2D eigenvalue weighted by molar-refractivity contribution is -0.140. The molecule has 0 aliphatic heterocycles. The van der Waals surface area contributed by atoms with Gasteiger partial charge in [-0.3, -0.25) is 13.9 Å². The zero-order chi connectivity index (χ0) is 32.7. The van der Waals surface area contributed by atoms with E-state index in [4.69, 9.17) is 34.8 Å². The molecule has 2 amide bonds. The van der Waals surface area contributed by atoms with Crippen molar-refractivity contribution in [1.29, 1.82) is 0 Å². The quantitative estimate of drug-likeness (QED) is 0.169. The zero-order valence-corrected chi connectivity index (χ0v) is 28.2. The third-order valence-corrected chi connectivity index (χ3v) is 9.81. The Labute approximate surface area is 279 Å². The minimum Gasteiger partial charge on any atom is -0.352 e. The number of carbonyl (C=O) groups excluding carboxylic acids is 2. The van der Waals surface area contributed by atoms with E-state index in [0.717, 1.165) is 15.4 Å². The molecule has 0 saturated carbocycles. The second-order valence-electron chi connectivity index (χ2n) is 10.9. The summed E-state index contributed by atoms with van der Waals surface area (Å²) in [7, 11) is -4.25. The Hall–Kier alpha value is -3.56. The van der Waals surface area contributed by atoms with Crippen molar-refractivity contribution in [3.8, 4) is 0 Å². The van der Waals surface area contributed by atoms with Crippen molar-refractivity contribution in [2.24, 2.45) is 0 Å². The molecule has 4 aromatic carbocycles. The monoisotopic (exact) mass is 685 g/mol. The smallest absolute Gasteiger partial charge is 0.264 e. The van der Waals surface area contributed by atoms with Crippen LogP contribution in [0.5, 0.6) is 0 Å². The van der Waals surface area contributed by atoms with E-state index in [9.17, 15) is 18.0 Å². The number of hydrogen-bond acceptors (Lipinski definition) is 4. The van der Waals surface area contributed by atoms with Crippen LogP contribution in [0.1, 0.15) is 30.5 Å². The van der Waals surface area contributed by atoms with Gasteiger partial charge in [-0.05, 0) is 68.8 Å². The predicted octanol–water partition coefficient (Wildman–Crippen LogP) is 7.32. The van der Waals surface area contributed by atoms with E-state index in [2.05, 4.69) is 5.32 Å². The minimum absolute atomic E-state index is 0.0000369. The van der Waals surface area contributed by atoms with E-state index < -0.39 is 34.4 Å². The molecule has 0 radical (unpaired) electrons. The van der Waals surface area contributed by atoms with Crippen LogP contribution in [0.25, 0.3) is 0 Å². The summed E-state index contributed by atoms with van der Waals surface area (Å²) < 4.78 is 29.2. The second-order valence-corrected chi connectivity index (χ2v) is 14.0. The lowest BCUT2D eigenvalue weighted by Gasteiger charge is -2.34. The van der Waals surface area contributed by atoms with Crippen LogP contribution < -0.4 is 9.62 Å². The molecule has 4 rings (SSSR count). The van der Waals surface area contributed by atoms with E-state index in [1.165, 1.54) is 23.1 Å². The first-order chi connectivity index (χ1) is 21.4. The summed E-state index contributed by atoms with van der Waals surface area (Å²) in [6.45, 7) is 4.72. The molecule has 0 bridgehead atoms. The lowest BCUT2D eigenvalue weighted by Crippen LogP contribution is -2.54. The van der Waals surface area contributed by atoms with Crippen LogP contribution in [0.4, 0.5) is 5.69 Å². The molecule has 236 valence electrons. The van der Waals surface area contributed by atoms with Gasteiger partial charge in [-0.1, -0.05) is 95.0 Å². The highest BCUT2D eigenvalue weighted by molar-refractivity contribution is 7.92. The Balaban J connectivity index is 1.84. The maximum atomic E-state index is 14.5. The first kappa shape index (κ1) is 34.3. The van der Waals surface area contributed by atoms with Crippen molar-refractivity contribution in [2.75, 3.05) is 10.8 Å². The first-order valence-corrected chi connectivity index (χ1v) is 16.9. The molecular formula is C34H34Cl3N3O4S. The van der Waals surface area contributed by atoms with Crippen molar-refractivity contribution < 1.29 is 18.0 Å². The van der Waals surface area contributed by atoms with Gasteiger partial charge in [-0.2, -0.15) is 0 Å². The van der Waals surface area contributed by atoms with E-state index in [0.29, 0.717) is 20.6 Å². The highest BCUT2D eigenvalue weighted by atomic mass is 35.5. The molecule has 45 heavy (non-hydrogen) atoms. The number of benzene rings is 4. The fraction of sp³-hybridized carbons (Fsp3) is 0.235. The summed E-state index contributed by atoms with van der Waals surface area (Å²) in [5.74, 6) is -1.04. The largest absolute Gasteiger partial charge is 0.352 e. The Morgan fingerprint density at radius 3 is 2.04 bits per heavy atom. The van der Waals surface area contributed by atoms with E-state index >= 15 is 0 Å². The number of nitrogens with one attached hydrogen (secondary N) is 1. The Morgan fingerprint density at radius 2 is 1.44 bits per heavy atom. The van der Waals surface area contributed by atoms with Crippen LogP contribution in [0, 0.1) is 6.92 Å². The average molecular weight is 687 g/mol. The van der Waals surface area contributed by atoms with Gasteiger partial charge in [0.05, 0.1) is 10.6 Å². The lowest BCUT2D eigenvalue weighted by atomic mass is 10.0. The molecule has 1 N–H and O–H groups in total. The van der Waals surface area contributed by atoms with Crippen LogP contribution in [0.2, 0.25) is 15.1 Å². The van der Waals surface area contributed by atoms with Crippen molar-refractivity contribution in [1.82, 2.24) is 10.2 Å². The summed E-state index contributed by atoms with van der Waals surface area (Å²) in [4.78, 5) is 29.7. The molecule has 11 heteroatoms. The number of amides is 2. The molecular weight excluding hydrogens is 653 g/mol. The van der Waals surface area contributed by atoms with Gasteiger partial charge in [0.1, 0.15) is 12.6 Å². The van der Waals surface area contributed by atoms with Gasteiger partial charge in [0.25, 0.3) is 10.0 Å². The summed E-state index contributed by atoms with van der Waals surface area (Å²) in [5.41, 5.74) is 2.31. The molecule has 0 unspecified atom stereocenters. The van der Waals surface area contributed by atoms with Gasteiger partial charge in [0.15, 0.2) is 0 Å². The van der Waals surface area contributed by atoms with Crippen molar-refractivity contribution in [3.63, 3.8) is 0 Å². The summed E-state index contributed by atoms with van der Waals surface area (Å²) in [6, 6.07) is 25.6. The van der Waals surface area contributed by atoms with Crippen molar-refractivity contribution in [3.05, 3.63) is 129 Å². The van der Waals surface area contributed by atoms with Crippen LogP contribution in [-0.2, 0) is 32.6 Å². The standard InChI is InChI=1S/C34H34Cl3N3O4S/c1-23(2)38-34(42)32(19-25-9-5-4-6-10-25)39(21-29-30(36)13-8-14-31(29)37)33(41)22-40(27-12-7-11-26(35)20-27)45(43,44)28-17-15-24(3)16-18-28/h4-18,20,23,32H,19,21-22H2,1-3H3,(H,38,42)/t32-/m1/s1. The number of carbonyl (C=O) groups is 2. The summed E-state index contributed by atoms with van der Waals surface area (Å²) in [5, 5.41) is 3.83. The number of hydrogen-bond donors (Lipinski definition) is 1. The fourth-order valence-electron chi connectivity index (χ4n) is 4.79. The molecule has 0 heterocycles. The van der Waals surface area contributed by atoms with Crippen LogP contribution in [0.3, 0.4) is 0 Å². The SMILES string of the molecule is Cc1ccc(S(=O)(=O)N(CC(=O)N(Cc2c(Cl)cccc2Cl)[C@H](Cc2ccccc2)C(=O)NC(C)C)c2cccc(Cl)c2)cc1. The zero-order valence-electron chi connectivity index (χ0n) is 25.1. The normalized spacial score (nSPS) is 12.1. The number of aryl methyl sites for hydroxylation is 1. The van der Waals surface area contributed by atoms with Crippen LogP contribution in [0.15, 0.2) is 102 Å². The molecule has 4 aromatic rings. The van der Waals surface area contributed by atoms with Crippen LogP contribution in [-0.4, -0.2) is 43.8 Å². The van der Waals surface area contributed by atoms with Gasteiger partial charge in [-0.15, -0.1) is 0 Å². The number of nitrogens with zero attached hydrogens (tertiary/aromatic N) is 2. The summed E-state index contributed by atoms with van der Waals surface area (Å²) in [6.07, 6.45) is 0.162. The number of anilines is 1. The number of rotatable bonds is 12. The summed E-state index contributed by atoms with van der Waals surface area (Å²) >= 11 is 19.4. The molecule has 0 aromatic heterocycles. The molecule has 0 spiro atoms. The molecule has 0 aliphatic rings. The highest BCUT2D eigenvalue weighted by Crippen LogP contribution is 2.30. The number of sulfonamides is 1. The van der Waals surface area contributed by atoms with Gasteiger partial charge in [0.2, 0.25) is 11.8 Å². The fourth-order valence-corrected chi connectivity index (χ4v) is 6.89. The predicted molar refractivity (Wildman–Crippen MR) is 181 cm³/mol. The van der Waals surface area contributed by atoms with Gasteiger partial charge < -0.3 is 10.2 Å². The first-order valence-electron chi connectivity index (χ1n) is 14.3. The highest BCUT2D eigenvalue weighted by Gasteiger charge is 2.35. The Kier molecular flexibility index (Phi) is 11.6. The van der Waals surface area contributed by atoms with Gasteiger partial charge in [-0.25, -0.2) is 8.42 Å². The molecule has 0 saturated heterocycles. The number of halogens is 3. The average Bonchev–Trinajstić information content (AvgIpc) is 2.99. The molecule has 7 nitrogen and oxygen atoms in total. The van der Waals surface area contributed by atoms with Gasteiger partial charge >= 0.3 is 0 Å². The Bertz CT molecular complexity index is 1730. The van der Waals surface area contributed by atoms with Crippen molar-refractivity contribution >= 4 is 62.3 Å². The Morgan fingerprint density at radius 1 is 0.822 bits per heavy atom. The topological polar surface area (TPSA) is 86.8 Å². The molecule has 0 aliphatic carbocycles.